The van der Waals surface area contributed by atoms with Crippen molar-refractivity contribution >= 4 is 35.7 Å². The van der Waals surface area contributed by atoms with Crippen LogP contribution >= 0.6 is 0 Å². The number of amides is 2. The number of carbonyl (C=O) groups excluding carboxylic acids is 6. The normalized spacial score (nSPS) is 30.9. The van der Waals surface area contributed by atoms with Crippen molar-refractivity contribution in [3.8, 4) is 0 Å². The number of rotatable bonds is 9. The van der Waals surface area contributed by atoms with Gasteiger partial charge in [-0.25, -0.2) is 14.5 Å². The minimum atomic E-state index is -2.30. The highest BCUT2D eigenvalue weighted by molar-refractivity contribution is 6.03. The molecule has 0 heterocycles. The number of fused-ring (bicyclic) bond motifs is 5. The molecule has 0 saturated heterocycles. The van der Waals surface area contributed by atoms with Gasteiger partial charge in [-0.1, -0.05) is 80.6 Å². The zero-order valence-corrected chi connectivity index (χ0v) is 39.0. The van der Waals surface area contributed by atoms with E-state index in [1.54, 1.807) is 108 Å². The average Bonchev–Trinajstić information content (AvgIpc) is 3.26. The lowest BCUT2D eigenvalue weighted by Crippen LogP contribution is -2.78. The Morgan fingerprint density at radius 1 is 0.833 bits per heavy atom. The second-order valence-electron chi connectivity index (χ2n) is 20.2. The molecule has 66 heavy (non-hydrogen) atoms. The van der Waals surface area contributed by atoms with Gasteiger partial charge in [-0.3, -0.25) is 19.2 Å². The van der Waals surface area contributed by atoms with Crippen LogP contribution in [0, 0.1) is 28.6 Å². The van der Waals surface area contributed by atoms with Crippen molar-refractivity contribution in [3.05, 3.63) is 119 Å². The molecule has 352 valence electrons. The first-order chi connectivity index (χ1) is 30.9. The fourth-order valence-corrected chi connectivity index (χ4v) is 11.4. The Hall–Kier alpha value is -5.70. The van der Waals surface area contributed by atoms with Crippen LogP contribution in [-0.4, -0.2) is 97.1 Å². The maximum atomic E-state index is 15.2. The number of carbonyl (C=O) groups is 6. The summed E-state index contributed by atoms with van der Waals surface area (Å²) < 4.78 is 24.8. The quantitative estimate of drug-likeness (QED) is 0.112. The Balaban J connectivity index is 1.37. The highest BCUT2D eigenvalue weighted by Gasteiger charge is 2.77. The smallest absolute Gasteiger partial charge is 0.417 e. The standard InChI is InChI=1S/C52H61NO13/c1-29-36(63-45(59)30(2)39(32-19-13-10-14-20-32)53(47(61)66-48(4,5)6)44(58)33-21-15-11-16-22-33)28-52(62)43(64-46(60)34-23-17-12-18-24-34)41-50(9,42(57)40(56)38(29)49(52,7)8)37(55)27-35-25-26-51(35,41)65-31(3)54/h10-24,30,35-37,39-41,43,55-56,62H,25-28H2,1-9H3/t30-,35-,36+,37+,39-,40-,41?,43+,50-,51+,52-/m1/s1. The first-order valence-corrected chi connectivity index (χ1v) is 22.6. The Morgan fingerprint density at radius 3 is 1.92 bits per heavy atom. The van der Waals surface area contributed by atoms with E-state index in [4.69, 9.17) is 18.9 Å². The van der Waals surface area contributed by atoms with Crippen molar-refractivity contribution in [2.45, 2.75) is 135 Å². The maximum absolute atomic E-state index is 15.2. The highest BCUT2D eigenvalue weighted by Crippen LogP contribution is 2.67. The molecule has 3 saturated carbocycles. The van der Waals surface area contributed by atoms with E-state index < -0.39 is 118 Å². The first kappa shape index (κ1) is 48.2. The number of ketones is 1. The summed E-state index contributed by atoms with van der Waals surface area (Å²) in [5, 5.41) is 38.2. The fraction of sp³-hybridized carbons (Fsp3) is 0.500. The molecule has 3 aromatic carbocycles. The molecule has 14 nitrogen and oxygen atoms in total. The summed E-state index contributed by atoms with van der Waals surface area (Å²) in [6.45, 7) is 13.9. The van der Waals surface area contributed by atoms with Gasteiger partial charge in [0.2, 0.25) is 0 Å². The summed E-state index contributed by atoms with van der Waals surface area (Å²) in [5.74, 6) is -7.29. The number of benzene rings is 3. The van der Waals surface area contributed by atoms with Crippen molar-refractivity contribution < 1.29 is 63.0 Å². The van der Waals surface area contributed by atoms with Gasteiger partial charge in [0.25, 0.3) is 5.91 Å². The highest BCUT2D eigenvalue weighted by atomic mass is 16.6. The summed E-state index contributed by atoms with van der Waals surface area (Å²) in [5.41, 5.74) is -7.54. The van der Waals surface area contributed by atoms with Gasteiger partial charge in [0.05, 0.1) is 35.0 Å². The Bertz CT molecular complexity index is 2410. The molecule has 0 aromatic heterocycles. The van der Waals surface area contributed by atoms with Crippen LogP contribution in [-0.2, 0) is 33.3 Å². The molecular formula is C52H61NO13. The molecule has 2 amide bonds. The van der Waals surface area contributed by atoms with E-state index in [1.807, 2.05) is 0 Å². The van der Waals surface area contributed by atoms with Gasteiger partial charge in [0, 0.05) is 30.2 Å². The van der Waals surface area contributed by atoms with E-state index in [9.17, 15) is 39.3 Å². The van der Waals surface area contributed by atoms with E-state index in [2.05, 4.69) is 0 Å². The van der Waals surface area contributed by atoms with E-state index in [0.717, 1.165) is 4.90 Å². The van der Waals surface area contributed by atoms with Crippen LogP contribution in [0.4, 0.5) is 4.79 Å². The average molecular weight is 908 g/mol. The molecule has 4 aliphatic rings. The van der Waals surface area contributed by atoms with Crippen molar-refractivity contribution in [1.29, 1.82) is 0 Å². The molecule has 4 aliphatic carbocycles. The SMILES string of the molecule is CC(=O)O[C@@]12CC[C@@H]1C[C@H](O)[C@@]1(C)C(=O)[C@H](O)C3=C(C)[C@@H](OC(=O)[C@H](C)[C@H](c4ccccc4)N(C(=O)OC(C)(C)C)C(=O)c4ccccc4)C[C@@](O)([C@@H](OC(=O)c4ccccc4)C12)C3(C)C. The van der Waals surface area contributed by atoms with Gasteiger partial charge in [0.15, 0.2) is 5.78 Å². The van der Waals surface area contributed by atoms with Crippen molar-refractivity contribution in [2.24, 2.45) is 28.6 Å². The van der Waals surface area contributed by atoms with Crippen molar-refractivity contribution in [2.75, 3.05) is 0 Å². The largest absolute Gasteiger partial charge is 0.458 e. The minimum Gasteiger partial charge on any atom is -0.458 e. The number of imide groups is 1. The number of nitrogens with zero attached hydrogens (tertiary/aromatic N) is 1. The number of Topliss-reactive ketones (excluding diaryl/α,β-unsaturated/α-hetero) is 1. The molecule has 1 unspecified atom stereocenters. The minimum absolute atomic E-state index is 0.00847. The topological polar surface area (TPSA) is 203 Å². The molecule has 3 fully saturated rings. The number of hydrogen-bond donors (Lipinski definition) is 3. The summed E-state index contributed by atoms with van der Waals surface area (Å²) in [4.78, 5) is 87.1. The molecule has 11 atom stereocenters. The van der Waals surface area contributed by atoms with Crippen LogP contribution in [0.5, 0.6) is 0 Å². The first-order valence-electron chi connectivity index (χ1n) is 22.6. The Labute approximate surface area is 385 Å². The van der Waals surface area contributed by atoms with Gasteiger partial charge in [-0.05, 0) is 102 Å². The number of aliphatic hydroxyl groups excluding tert-OH is 2. The number of hydrogen-bond acceptors (Lipinski definition) is 13. The summed E-state index contributed by atoms with van der Waals surface area (Å²) in [6, 6.07) is 23.2. The lowest BCUT2D eigenvalue weighted by molar-refractivity contribution is -0.296. The molecule has 3 N–H and O–H groups in total. The van der Waals surface area contributed by atoms with E-state index in [0.29, 0.717) is 12.0 Å². The lowest BCUT2D eigenvalue weighted by Gasteiger charge is -2.68. The third-order valence-electron chi connectivity index (χ3n) is 14.9. The molecular weight excluding hydrogens is 847 g/mol. The number of ether oxygens (including phenoxy) is 4. The second-order valence-corrected chi connectivity index (χ2v) is 20.2. The molecule has 0 spiro atoms. The molecule has 14 heteroatoms. The summed E-state index contributed by atoms with van der Waals surface area (Å²) in [7, 11) is 0. The zero-order valence-electron chi connectivity index (χ0n) is 39.0. The fourth-order valence-electron chi connectivity index (χ4n) is 11.4. The van der Waals surface area contributed by atoms with Crippen LogP contribution in [0.15, 0.2) is 102 Å². The van der Waals surface area contributed by atoms with E-state index in [1.165, 1.54) is 45.0 Å². The zero-order chi connectivity index (χ0) is 48.3. The van der Waals surface area contributed by atoms with Crippen LogP contribution in [0.2, 0.25) is 0 Å². The third kappa shape index (κ3) is 8.04. The predicted octanol–water partition coefficient (Wildman–Crippen LogP) is 7.10. The van der Waals surface area contributed by atoms with E-state index in [-0.39, 0.29) is 35.1 Å². The molecule has 0 aliphatic heterocycles. The van der Waals surface area contributed by atoms with Crippen molar-refractivity contribution in [3.63, 3.8) is 0 Å². The van der Waals surface area contributed by atoms with Gasteiger partial charge >= 0.3 is 24.0 Å². The molecule has 3 aromatic rings. The number of aliphatic hydroxyl groups is 3. The Morgan fingerprint density at radius 2 is 1.39 bits per heavy atom. The van der Waals surface area contributed by atoms with Gasteiger partial charge in [-0.2, -0.15) is 0 Å². The molecule has 2 bridgehead atoms. The van der Waals surface area contributed by atoms with Crippen LogP contribution in [0.1, 0.15) is 120 Å². The molecule has 0 radical (unpaired) electrons. The number of esters is 3. The van der Waals surface area contributed by atoms with Crippen LogP contribution in [0.3, 0.4) is 0 Å². The van der Waals surface area contributed by atoms with Crippen LogP contribution < -0.4 is 0 Å². The second kappa shape index (κ2) is 17.5. The summed E-state index contributed by atoms with van der Waals surface area (Å²) in [6.07, 6.45) is -7.26. The maximum Gasteiger partial charge on any atom is 0.417 e. The van der Waals surface area contributed by atoms with Gasteiger partial charge < -0.3 is 34.3 Å². The Kier molecular flexibility index (Phi) is 12.8. The van der Waals surface area contributed by atoms with Crippen molar-refractivity contribution in [1.82, 2.24) is 4.90 Å². The summed E-state index contributed by atoms with van der Waals surface area (Å²) >= 11 is 0. The van der Waals surface area contributed by atoms with E-state index >= 15 is 4.79 Å². The monoisotopic (exact) mass is 907 g/mol. The van der Waals surface area contributed by atoms with Crippen LogP contribution in [0.25, 0.3) is 0 Å². The molecule has 7 rings (SSSR count). The third-order valence-corrected chi connectivity index (χ3v) is 14.9. The van der Waals surface area contributed by atoms with Gasteiger partial charge in [0.1, 0.15) is 35.1 Å². The van der Waals surface area contributed by atoms with Gasteiger partial charge in [-0.15, -0.1) is 0 Å². The lowest BCUT2D eigenvalue weighted by atomic mass is 9.41. The predicted molar refractivity (Wildman–Crippen MR) is 239 cm³/mol.